The van der Waals surface area contributed by atoms with Crippen LogP contribution in [-0.2, 0) is 6.42 Å². The van der Waals surface area contributed by atoms with Crippen LogP contribution in [0.25, 0.3) is 11.0 Å². The Balaban J connectivity index is 1.46. The molecule has 0 aliphatic carbocycles. The number of imidazole rings is 1. The number of fused-ring (bicyclic) bond motifs is 1. The van der Waals surface area contributed by atoms with Gasteiger partial charge in [-0.25, -0.2) is 4.98 Å². The lowest BCUT2D eigenvalue weighted by molar-refractivity contribution is 0.0942. The molecule has 0 unspecified atom stereocenters. The number of aromatic nitrogens is 2. The number of hydrogen-bond acceptors (Lipinski definition) is 3. The zero-order valence-electron chi connectivity index (χ0n) is 15.5. The molecule has 2 N–H and O–H groups in total. The van der Waals surface area contributed by atoms with Gasteiger partial charge in [0.15, 0.2) is 5.78 Å². The Morgan fingerprint density at radius 2 is 1.59 bits per heavy atom. The van der Waals surface area contributed by atoms with E-state index in [2.05, 4.69) is 15.3 Å². The first-order chi connectivity index (χ1) is 14.1. The number of nitrogens with one attached hydrogen (secondary N) is 2. The fourth-order valence-corrected chi connectivity index (χ4v) is 3.28. The average molecular weight is 404 g/mol. The summed E-state index contributed by atoms with van der Waals surface area (Å²) < 4.78 is 0. The highest BCUT2D eigenvalue weighted by molar-refractivity contribution is 6.30. The van der Waals surface area contributed by atoms with Crippen molar-refractivity contribution in [1.82, 2.24) is 15.3 Å². The number of H-pyrrole nitrogens is 1. The van der Waals surface area contributed by atoms with Crippen molar-refractivity contribution in [1.29, 1.82) is 0 Å². The van der Waals surface area contributed by atoms with Crippen molar-refractivity contribution in [2.75, 3.05) is 6.54 Å². The first kappa shape index (κ1) is 18.9. The van der Waals surface area contributed by atoms with Crippen LogP contribution in [0.4, 0.5) is 0 Å². The third-order valence-corrected chi connectivity index (χ3v) is 4.86. The molecule has 29 heavy (non-hydrogen) atoms. The van der Waals surface area contributed by atoms with Gasteiger partial charge in [-0.2, -0.15) is 0 Å². The maximum atomic E-state index is 12.8. The van der Waals surface area contributed by atoms with E-state index in [1.165, 1.54) is 0 Å². The van der Waals surface area contributed by atoms with Crippen molar-refractivity contribution in [2.24, 2.45) is 0 Å². The molecule has 0 spiro atoms. The normalized spacial score (nSPS) is 10.8. The fourth-order valence-electron chi connectivity index (χ4n) is 3.15. The summed E-state index contributed by atoms with van der Waals surface area (Å²) in [4.78, 5) is 33.3. The molecule has 1 amide bonds. The summed E-state index contributed by atoms with van der Waals surface area (Å²) in [5.74, 6) is 0.292. The summed E-state index contributed by atoms with van der Waals surface area (Å²) >= 11 is 5.89. The molecule has 0 fully saturated rings. The molecule has 0 aliphatic rings. The van der Waals surface area contributed by atoms with E-state index >= 15 is 0 Å². The molecule has 1 heterocycles. The summed E-state index contributed by atoms with van der Waals surface area (Å²) in [6, 6.07) is 21.2. The number of hydrogen-bond donors (Lipinski definition) is 2. The Morgan fingerprint density at radius 3 is 2.34 bits per heavy atom. The second kappa shape index (κ2) is 8.29. The summed E-state index contributed by atoms with van der Waals surface area (Å²) in [6.45, 7) is 0.405. The summed E-state index contributed by atoms with van der Waals surface area (Å²) in [6.07, 6.45) is 0.563. The van der Waals surface area contributed by atoms with Gasteiger partial charge in [0.1, 0.15) is 5.82 Å². The van der Waals surface area contributed by atoms with Gasteiger partial charge in [-0.3, -0.25) is 9.59 Å². The van der Waals surface area contributed by atoms with Crippen molar-refractivity contribution in [3.8, 4) is 0 Å². The highest BCUT2D eigenvalue weighted by Gasteiger charge is 2.18. The monoisotopic (exact) mass is 403 g/mol. The second-order valence-corrected chi connectivity index (χ2v) is 7.02. The van der Waals surface area contributed by atoms with E-state index in [1.807, 2.05) is 24.3 Å². The molecule has 144 valence electrons. The van der Waals surface area contributed by atoms with Crippen molar-refractivity contribution >= 4 is 34.3 Å². The minimum Gasteiger partial charge on any atom is -0.352 e. The van der Waals surface area contributed by atoms with Gasteiger partial charge >= 0.3 is 0 Å². The summed E-state index contributed by atoms with van der Waals surface area (Å²) in [7, 11) is 0. The lowest BCUT2D eigenvalue weighted by atomic mass is 9.98. The Bertz CT molecular complexity index is 1150. The number of benzene rings is 3. The number of carbonyl (C=O) groups excluding carboxylic acids is 2. The first-order valence-electron chi connectivity index (χ1n) is 9.23. The highest BCUT2D eigenvalue weighted by atomic mass is 35.5. The maximum absolute atomic E-state index is 12.8. The molecule has 0 aliphatic heterocycles. The van der Waals surface area contributed by atoms with Crippen LogP contribution in [-0.4, -0.2) is 28.2 Å². The number of aromatic amines is 1. The van der Waals surface area contributed by atoms with Crippen LogP contribution < -0.4 is 5.32 Å². The number of carbonyl (C=O) groups is 2. The number of para-hydroxylation sites is 2. The van der Waals surface area contributed by atoms with Crippen LogP contribution in [0.5, 0.6) is 0 Å². The lowest BCUT2D eigenvalue weighted by Gasteiger charge is -2.09. The van der Waals surface area contributed by atoms with Crippen LogP contribution in [0.1, 0.15) is 32.1 Å². The zero-order chi connectivity index (χ0) is 20.2. The van der Waals surface area contributed by atoms with Gasteiger partial charge in [-0.05, 0) is 42.5 Å². The fraction of sp³-hybridized carbons (Fsp3) is 0.0870. The van der Waals surface area contributed by atoms with Gasteiger partial charge in [0, 0.05) is 29.1 Å². The molecule has 3 aromatic carbocycles. The SMILES string of the molecule is O=C(NCCc1nc2ccccc2[nH]1)c1ccccc1C(=O)c1ccc(Cl)cc1. The topological polar surface area (TPSA) is 74.8 Å². The molecule has 4 aromatic rings. The largest absolute Gasteiger partial charge is 0.352 e. The van der Waals surface area contributed by atoms with Crippen LogP contribution >= 0.6 is 11.6 Å². The number of nitrogens with zero attached hydrogens (tertiary/aromatic N) is 1. The smallest absolute Gasteiger partial charge is 0.252 e. The summed E-state index contributed by atoms with van der Waals surface area (Å²) in [5.41, 5.74) is 3.05. The van der Waals surface area contributed by atoms with Crippen molar-refractivity contribution < 1.29 is 9.59 Å². The Hall–Kier alpha value is -3.44. The van der Waals surface area contributed by atoms with E-state index in [0.29, 0.717) is 34.7 Å². The van der Waals surface area contributed by atoms with E-state index in [-0.39, 0.29) is 11.7 Å². The standard InChI is InChI=1S/C23H18ClN3O2/c24-16-11-9-15(10-12-16)22(28)17-5-1-2-6-18(17)23(29)25-14-13-21-26-19-7-3-4-8-20(19)27-21/h1-12H,13-14H2,(H,25,29)(H,26,27). The quantitative estimate of drug-likeness (QED) is 0.468. The predicted molar refractivity (Wildman–Crippen MR) is 113 cm³/mol. The molecule has 0 radical (unpaired) electrons. The van der Waals surface area contributed by atoms with Crippen molar-refractivity contribution in [2.45, 2.75) is 6.42 Å². The van der Waals surface area contributed by atoms with Crippen LogP contribution in [0.2, 0.25) is 5.02 Å². The van der Waals surface area contributed by atoms with Gasteiger partial charge in [0.05, 0.1) is 16.6 Å². The molecule has 6 heteroatoms. The molecular formula is C23H18ClN3O2. The predicted octanol–water partition coefficient (Wildman–Crippen LogP) is 4.42. The van der Waals surface area contributed by atoms with Crippen molar-refractivity contribution in [3.05, 3.63) is 100 Å². The number of rotatable bonds is 6. The molecule has 5 nitrogen and oxygen atoms in total. The van der Waals surface area contributed by atoms with Crippen LogP contribution in [0.3, 0.4) is 0 Å². The van der Waals surface area contributed by atoms with E-state index in [4.69, 9.17) is 11.6 Å². The molecule has 0 bridgehead atoms. The highest BCUT2D eigenvalue weighted by Crippen LogP contribution is 2.17. The van der Waals surface area contributed by atoms with E-state index in [0.717, 1.165) is 16.9 Å². The van der Waals surface area contributed by atoms with Gasteiger partial charge in [0.2, 0.25) is 0 Å². The van der Waals surface area contributed by atoms with E-state index in [9.17, 15) is 9.59 Å². The number of ketones is 1. The van der Waals surface area contributed by atoms with E-state index in [1.54, 1.807) is 48.5 Å². The zero-order valence-corrected chi connectivity index (χ0v) is 16.2. The van der Waals surface area contributed by atoms with Gasteiger partial charge < -0.3 is 10.3 Å². The Kier molecular flexibility index (Phi) is 5.40. The Morgan fingerprint density at radius 1 is 0.897 bits per heavy atom. The maximum Gasteiger partial charge on any atom is 0.252 e. The molecule has 0 saturated carbocycles. The summed E-state index contributed by atoms with van der Waals surface area (Å²) in [5, 5.41) is 3.43. The van der Waals surface area contributed by atoms with Crippen LogP contribution in [0, 0.1) is 0 Å². The van der Waals surface area contributed by atoms with Gasteiger partial charge in [-0.15, -0.1) is 0 Å². The third-order valence-electron chi connectivity index (χ3n) is 4.61. The van der Waals surface area contributed by atoms with Gasteiger partial charge in [-0.1, -0.05) is 41.9 Å². The molecule has 1 aromatic heterocycles. The molecular weight excluding hydrogens is 386 g/mol. The number of halogens is 1. The lowest BCUT2D eigenvalue weighted by Crippen LogP contribution is -2.27. The first-order valence-corrected chi connectivity index (χ1v) is 9.61. The number of amides is 1. The molecule has 4 rings (SSSR count). The van der Waals surface area contributed by atoms with Gasteiger partial charge in [0.25, 0.3) is 5.91 Å². The van der Waals surface area contributed by atoms with Crippen LogP contribution in [0.15, 0.2) is 72.8 Å². The van der Waals surface area contributed by atoms with Crippen molar-refractivity contribution in [3.63, 3.8) is 0 Å². The second-order valence-electron chi connectivity index (χ2n) is 6.59. The Labute approximate surface area is 172 Å². The van der Waals surface area contributed by atoms with E-state index < -0.39 is 0 Å². The average Bonchev–Trinajstić information content (AvgIpc) is 3.16. The third kappa shape index (κ3) is 4.20. The minimum absolute atomic E-state index is 0.218. The molecule has 0 atom stereocenters. The molecule has 0 saturated heterocycles. The minimum atomic E-state index is -0.293.